The van der Waals surface area contributed by atoms with Gasteiger partial charge in [0.2, 0.25) is 24.2 Å². The van der Waals surface area contributed by atoms with Crippen LogP contribution in [0.25, 0.3) is 169 Å². The molecule has 0 aliphatic heterocycles. The number of aromatic nitrogens is 6. The third-order valence-electron chi connectivity index (χ3n) is 29.9. The summed E-state index contributed by atoms with van der Waals surface area (Å²) in [6.45, 7) is 0. The summed E-state index contributed by atoms with van der Waals surface area (Å²) in [6, 6.07) is 181. The van der Waals surface area contributed by atoms with Crippen LogP contribution in [0.15, 0.2) is 522 Å². The van der Waals surface area contributed by atoms with Crippen molar-refractivity contribution in [3.05, 3.63) is 539 Å². The predicted molar refractivity (Wildman–Crippen MR) is 611 cm³/mol. The Morgan fingerprint density at radius 3 is 0.722 bits per heavy atom. The van der Waals surface area contributed by atoms with E-state index in [4.69, 9.17) is 9.97 Å². The molecule has 0 spiro atoms. The topological polar surface area (TPSA) is 53.5 Å². The van der Waals surface area contributed by atoms with E-state index in [1.165, 1.54) is 52.1 Å². The van der Waals surface area contributed by atoms with Crippen molar-refractivity contribution in [3.63, 3.8) is 0 Å². The summed E-state index contributed by atoms with van der Waals surface area (Å²) in [7, 11) is -10.0. The van der Waals surface area contributed by atoms with Gasteiger partial charge < -0.3 is 13.7 Å². The van der Waals surface area contributed by atoms with E-state index in [0.717, 1.165) is 181 Å². The van der Waals surface area contributed by atoms with Crippen LogP contribution in [-0.2, 0) is 0 Å². The van der Waals surface area contributed by atoms with Crippen molar-refractivity contribution < 1.29 is 0 Å². The van der Waals surface area contributed by atoms with E-state index >= 15 is 0 Å². The highest BCUT2D eigenvalue weighted by Gasteiger charge is 2.43. The number of pyridine rings is 3. The van der Waals surface area contributed by atoms with Crippen molar-refractivity contribution >= 4 is 201 Å². The normalized spacial score (nSPS) is 12.2. The first kappa shape index (κ1) is 84.6. The zero-order chi connectivity index (χ0) is 95.2. The van der Waals surface area contributed by atoms with Crippen molar-refractivity contribution in [1.29, 1.82) is 0 Å². The molecule has 9 heteroatoms. The summed E-state index contributed by atoms with van der Waals surface area (Å²) in [6.07, 6.45) is 9.72. The second-order valence-corrected chi connectivity index (χ2v) is 47.7. The second kappa shape index (κ2) is 35.1. The summed E-state index contributed by atoms with van der Waals surface area (Å²) >= 11 is 0. The van der Waals surface area contributed by atoms with Gasteiger partial charge >= 0.3 is 0 Å². The zero-order valence-corrected chi connectivity index (χ0v) is 81.3. The zero-order valence-electron chi connectivity index (χ0n) is 78.3. The molecule has 0 bridgehead atoms. The molecule has 0 saturated heterocycles. The smallest absolute Gasteiger partial charge is 0.230 e. The minimum absolute atomic E-state index is 0.977. The van der Waals surface area contributed by atoms with Gasteiger partial charge in [0.25, 0.3) is 0 Å². The van der Waals surface area contributed by atoms with Crippen LogP contribution in [0.1, 0.15) is 16.7 Å². The SMILES string of the molecule is C(#C[Si](c1ccccc1)(c1ccc(-c2ccc([Si](C#Cc3c4ccccc4c(-n4c5ccccc5c5ccncc54)c4ccccc34)(c3ccccc3)c3ccccc3)cc2)cc1)c1ccc(-c2ccc([Si](C#Cc3c4ccccc4c(-n4c5ccccc5c5ncccc54)c4ccccc34)(c3ccccc3)c3ccccc3)cc2)cc1)c1c2ccccc2c(-n2c3ccccc3c3cnccc32)c2ccccc12. The summed E-state index contributed by atoms with van der Waals surface area (Å²) in [5.41, 5.74) is 31.3. The average Bonchev–Trinajstić information content (AvgIpc) is 1.37. The Hall–Kier alpha value is -18.6. The van der Waals surface area contributed by atoms with Gasteiger partial charge in [0, 0.05) is 133 Å². The van der Waals surface area contributed by atoms with E-state index in [9.17, 15) is 0 Å². The van der Waals surface area contributed by atoms with Gasteiger partial charge in [-0.2, -0.15) is 0 Å². The van der Waals surface area contributed by atoms with E-state index in [-0.39, 0.29) is 0 Å². The van der Waals surface area contributed by atoms with Gasteiger partial charge in [-0.3, -0.25) is 15.0 Å². The standard InChI is InChI=1S/C135H86N6Si3/c1-6-35-97(36-7-1)142(98-37-8-2-9-38-98,88-82-112-108-47-18-24-55-120(108)134(121-56-25-19-48-109(112)121)140-128-62-33-30-59-124(128)132-130(140)63-34-85-138-132)102-72-64-93(65-73-102)95-68-76-104(77-69-95)144(101-43-14-5-15-44-101,90-84-114-106-45-16-22-53-118(106)133(119-54-23-17-46-107(114)119)139-127-61-32-29-52-116(127)125-91-136-87-81-129(125)139)105-78-70-96(71-79-105)94-66-74-103(75-67-94)143(99-39-10-3-11-40-99,100-41-12-4-13-42-100)89-83-113-110-49-20-26-57-122(110)135(123-58-27-21-50-111(113)123)141-126-60-31-28-51-115(126)117-80-86-137-92-131(117)141/h1-81,85-87,91-92H. The monoisotopic (exact) mass is 1870 g/mol. The number of rotatable bonds is 14. The first-order valence-electron chi connectivity index (χ1n) is 49.1. The molecular weight excluding hydrogens is 1790 g/mol. The Morgan fingerprint density at radius 2 is 0.389 bits per heavy atom. The van der Waals surface area contributed by atoms with Crippen LogP contribution < -0.4 is 46.7 Å². The summed E-state index contributed by atoms with van der Waals surface area (Å²) in [4.78, 5) is 14.4. The Morgan fingerprint density at radius 1 is 0.160 bits per heavy atom. The van der Waals surface area contributed by atoms with E-state index in [2.05, 4.69) is 538 Å². The maximum atomic E-state index is 4.98. The number of benzene rings is 21. The lowest BCUT2D eigenvalue weighted by Crippen LogP contribution is -2.66. The molecule has 27 rings (SSSR count). The number of hydrogen-bond acceptors (Lipinski definition) is 3. The molecule has 21 aromatic carbocycles. The molecular formula is C135H86N6Si3. The van der Waals surface area contributed by atoms with Gasteiger partial charge in [0.1, 0.15) is 0 Å². The predicted octanol–water partition coefficient (Wildman–Crippen LogP) is 25.6. The lowest BCUT2D eigenvalue weighted by molar-refractivity contribution is 1.19. The largest absolute Gasteiger partial charge is 0.308 e. The molecule has 0 aliphatic rings. The molecule has 1 atom stereocenters. The van der Waals surface area contributed by atoms with Crippen molar-refractivity contribution in [2.24, 2.45) is 0 Å². The fourth-order valence-electron chi connectivity index (χ4n) is 23.3. The highest BCUT2D eigenvalue weighted by atomic mass is 28.3. The van der Waals surface area contributed by atoms with E-state index in [1.807, 2.05) is 37.1 Å². The van der Waals surface area contributed by atoms with Crippen molar-refractivity contribution in [1.82, 2.24) is 28.7 Å². The van der Waals surface area contributed by atoms with Gasteiger partial charge in [-0.1, -0.05) is 467 Å². The maximum absolute atomic E-state index is 4.98. The second-order valence-electron chi connectivity index (χ2n) is 37.3. The molecule has 0 N–H and O–H groups in total. The Kier molecular flexibility index (Phi) is 20.6. The van der Waals surface area contributed by atoms with Crippen LogP contribution in [0.4, 0.5) is 0 Å². The van der Waals surface area contributed by atoms with Crippen LogP contribution in [-0.4, -0.2) is 52.9 Å². The summed E-state index contributed by atoms with van der Waals surface area (Å²) < 4.78 is 7.29. The van der Waals surface area contributed by atoms with Crippen LogP contribution in [0.5, 0.6) is 0 Å². The number of para-hydroxylation sites is 3. The van der Waals surface area contributed by atoms with Gasteiger partial charge in [-0.15, -0.1) is 16.6 Å². The van der Waals surface area contributed by atoms with E-state index in [0.29, 0.717) is 0 Å². The molecule has 144 heavy (non-hydrogen) atoms. The Bertz CT molecular complexity index is 9190. The molecule has 0 saturated carbocycles. The lowest BCUT2D eigenvalue weighted by Gasteiger charge is -2.29. The summed E-state index contributed by atoms with van der Waals surface area (Å²) in [5, 5.41) is 29.7. The lowest BCUT2D eigenvalue weighted by atomic mass is 9.95. The van der Waals surface area contributed by atoms with Crippen molar-refractivity contribution in [2.75, 3.05) is 0 Å². The Labute approximate surface area is 836 Å². The van der Waals surface area contributed by atoms with Gasteiger partial charge in [-0.25, -0.2) is 0 Å². The van der Waals surface area contributed by atoms with E-state index < -0.39 is 24.2 Å². The first-order valence-corrected chi connectivity index (χ1v) is 55.1. The molecule has 0 radical (unpaired) electrons. The molecule has 0 aliphatic carbocycles. The van der Waals surface area contributed by atoms with Crippen molar-refractivity contribution in [2.45, 2.75) is 0 Å². The highest BCUT2D eigenvalue weighted by Crippen LogP contribution is 2.46. The molecule has 0 fully saturated rings. The van der Waals surface area contributed by atoms with Gasteiger partial charge in [0.15, 0.2) is 0 Å². The molecule has 27 aromatic rings. The molecule has 6 heterocycles. The number of hydrogen-bond donors (Lipinski definition) is 0. The third-order valence-corrected chi connectivity index (χ3v) is 42.1. The molecule has 6 aromatic heterocycles. The summed E-state index contributed by atoms with van der Waals surface area (Å²) in [5.74, 6) is 12.4. The molecule has 6 nitrogen and oxygen atoms in total. The highest BCUT2D eigenvalue weighted by molar-refractivity contribution is 7.18. The average molecular weight is 1880 g/mol. The van der Waals surface area contributed by atoms with Gasteiger partial charge in [0.05, 0.1) is 61.9 Å². The van der Waals surface area contributed by atoms with Crippen LogP contribution in [0.2, 0.25) is 0 Å². The van der Waals surface area contributed by atoms with Crippen molar-refractivity contribution in [3.8, 4) is 73.7 Å². The quantitative estimate of drug-likeness (QED) is 0.0472. The fourth-order valence-corrected chi connectivity index (χ4v) is 34.7. The first-order chi connectivity index (χ1) is 71.5. The minimum atomic E-state index is -3.51. The maximum Gasteiger partial charge on any atom is 0.230 e. The molecule has 0 amide bonds. The van der Waals surface area contributed by atoms with Crippen LogP contribution in [0, 0.1) is 34.4 Å². The number of fused-ring (bicyclic) bond motifs is 15. The molecule has 1 unspecified atom stereocenters. The van der Waals surface area contributed by atoms with E-state index in [1.54, 1.807) is 0 Å². The number of nitrogens with zero attached hydrogens (tertiary/aromatic N) is 6. The van der Waals surface area contributed by atoms with Gasteiger partial charge in [-0.05, 0) is 111 Å². The molecule has 668 valence electrons. The minimum Gasteiger partial charge on any atom is -0.308 e. The van der Waals surface area contributed by atoms with Crippen LogP contribution in [0.3, 0.4) is 0 Å². The third kappa shape index (κ3) is 13.5. The Balaban J connectivity index is 0.609. The fraction of sp³-hybridized carbons (Fsp3) is 0. The van der Waals surface area contributed by atoms with Crippen LogP contribution >= 0.6 is 0 Å².